The Labute approximate surface area is 70.7 Å². The largest absolute Gasteiger partial charge is 0.370 e. The van der Waals surface area contributed by atoms with Crippen molar-refractivity contribution in [2.24, 2.45) is 5.73 Å². The third-order valence-electron chi connectivity index (χ3n) is 2.03. The van der Waals surface area contributed by atoms with Crippen molar-refractivity contribution < 1.29 is 9.26 Å². The van der Waals surface area contributed by atoms with Crippen molar-refractivity contribution >= 4 is 0 Å². The van der Waals surface area contributed by atoms with Gasteiger partial charge in [-0.1, -0.05) is 5.16 Å². The minimum Gasteiger partial charge on any atom is -0.370 e. The molecule has 0 aliphatic carbocycles. The Kier molecular flexibility index (Phi) is 2.10. The van der Waals surface area contributed by atoms with Crippen molar-refractivity contribution in [2.45, 2.75) is 25.5 Å². The predicted octanol–water partition coefficient (Wildman–Crippen LogP) is 0.985. The summed E-state index contributed by atoms with van der Waals surface area (Å²) in [6.07, 6.45) is 2.24. The lowest BCUT2D eigenvalue weighted by Crippen LogP contribution is -1.96. The number of hydrogen-bond acceptors (Lipinski definition) is 4. The molecule has 0 spiro atoms. The van der Waals surface area contributed by atoms with Gasteiger partial charge in [0, 0.05) is 19.2 Å². The van der Waals surface area contributed by atoms with E-state index in [1.165, 1.54) is 0 Å². The Morgan fingerprint density at radius 1 is 1.67 bits per heavy atom. The molecule has 0 aromatic carbocycles. The van der Waals surface area contributed by atoms with E-state index in [0.717, 1.165) is 30.9 Å². The third kappa shape index (κ3) is 1.35. The summed E-state index contributed by atoms with van der Waals surface area (Å²) in [4.78, 5) is 0. The van der Waals surface area contributed by atoms with E-state index in [0.29, 0.717) is 6.54 Å². The van der Waals surface area contributed by atoms with Crippen LogP contribution in [0.5, 0.6) is 0 Å². The lowest BCUT2D eigenvalue weighted by Gasteiger charge is -2.01. The zero-order valence-corrected chi connectivity index (χ0v) is 6.82. The number of aromatic nitrogens is 1. The minimum atomic E-state index is 0.109. The molecule has 0 saturated carbocycles. The molecule has 0 amide bonds. The van der Waals surface area contributed by atoms with Gasteiger partial charge in [-0.05, 0) is 12.8 Å². The molecule has 1 unspecified atom stereocenters. The van der Waals surface area contributed by atoms with Gasteiger partial charge in [0.25, 0.3) is 0 Å². The fraction of sp³-hybridized carbons (Fsp3) is 0.625. The molecule has 1 aromatic heterocycles. The van der Waals surface area contributed by atoms with Crippen LogP contribution in [0.1, 0.15) is 30.4 Å². The topological polar surface area (TPSA) is 61.3 Å². The van der Waals surface area contributed by atoms with Crippen molar-refractivity contribution in [2.75, 3.05) is 6.61 Å². The highest BCUT2D eigenvalue weighted by molar-refractivity contribution is 5.08. The number of ether oxygens (including phenoxy) is 1. The van der Waals surface area contributed by atoms with Gasteiger partial charge in [-0.2, -0.15) is 0 Å². The molecule has 1 fully saturated rings. The number of rotatable bonds is 2. The maximum Gasteiger partial charge on any atom is 0.165 e. The van der Waals surface area contributed by atoms with Crippen LogP contribution in [-0.2, 0) is 11.3 Å². The van der Waals surface area contributed by atoms with Crippen LogP contribution in [0.4, 0.5) is 0 Å². The van der Waals surface area contributed by atoms with Crippen LogP contribution >= 0.6 is 0 Å². The summed E-state index contributed by atoms with van der Waals surface area (Å²) in [5.74, 6) is 0.813. The second-order valence-corrected chi connectivity index (χ2v) is 2.93. The lowest BCUT2D eigenvalue weighted by atomic mass is 10.2. The lowest BCUT2D eigenvalue weighted by molar-refractivity contribution is 0.0877. The molecule has 12 heavy (non-hydrogen) atoms. The molecule has 1 aliphatic heterocycles. The normalized spacial score (nSPS) is 23.2. The molecule has 1 aromatic rings. The van der Waals surface area contributed by atoms with E-state index in [2.05, 4.69) is 5.16 Å². The smallest absolute Gasteiger partial charge is 0.165 e. The summed E-state index contributed by atoms with van der Waals surface area (Å²) in [6.45, 7) is 1.25. The van der Waals surface area contributed by atoms with Crippen LogP contribution in [0.15, 0.2) is 10.6 Å². The van der Waals surface area contributed by atoms with Gasteiger partial charge in [0.2, 0.25) is 0 Å². The molecule has 4 heteroatoms. The fourth-order valence-corrected chi connectivity index (χ4v) is 1.38. The standard InChI is InChI=1S/C8H12N2O2/c9-5-6-4-8(12-10-6)7-2-1-3-11-7/h4,7H,1-3,5,9H2. The van der Waals surface area contributed by atoms with Gasteiger partial charge in [0.15, 0.2) is 5.76 Å². The summed E-state index contributed by atoms with van der Waals surface area (Å²) in [5, 5.41) is 3.80. The van der Waals surface area contributed by atoms with Crippen molar-refractivity contribution in [1.82, 2.24) is 5.16 Å². The average molecular weight is 168 g/mol. The second kappa shape index (κ2) is 3.25. The van der Waals surface area contributed by atoms with E-state index in [9.17, 15) is 0 Å². The predicted molar refractivity (Wildman–Crippen MR) is 42.3 cm³/mol. The van der Waals surface area contributed by atoms with E-state index < -0.39 is 0 Å². The van der Waals surface area contributed by atoms with Gasteiger partial charge < -0.3 is 15.0 Å². The van der Waals surface area contributed by atoms with Gasteiger partial charge in [-0.15, -0.1) is 0 Å². The van der Waals surface area contributed by atoms with Gasteiger partial charge in [0.1, 0.15) is 6.10 Å². The molecular weight excluding hydrogens is 156 g/mol. The molecule has 1 atom stereocenters. The highest BCUT2D eigenvalue weighted by Gasteiger charge is 2.21. The maximum atomic E-state index is 5.42. The molecule has 4 nitrogen and oxygen atoms in total. The SMILES string of the molecule is NCc1cc(C2CCCO2)on1. The van der Waals surface area contributed by atoms with Crippen molar-refractivity contribution in [3.05, 3.63) is 17.5 Å². The van der Waals surface area contributed by atoms with Gasteiger partial charge in [-0.3, -0.25) is 0 Å². The second-order valence-electron chi connectivity index (χ2n) is 2.93. The average Bonchev–Trinajstić information content (AvgIpc) is 2.75. The van der Waals surface area contributed by atoms with Gasteiger partial charge in [-0.25, -0.2) is 0 Å². The van der Waals surface area contributed by atoms with Crippen molar-refractivity contribution in [3.8, 4) is 0 Å². The number of nitrogens with zero attached hydrogens (tertiary/aromatic N) is 1. The first kappa shape index (κ1) is 7.76. The molecular formula is C8H12N2O2. The van der Waals surface area contributed by atoms with E-state index in [1.54, 1.807) is 0 Å². The molecule has 1 saturated heterocycles. The van der Waals surface area contributed by atoms with Gasteiger partial charge in [0.05, 0.1) is 5.69 Å². The van der Waals surface area contributed by atoms with E-state index in [1.807, 2.05) is 6.07 Å². The minimum absolute atomic E-state index is 0.109. The maximum absolute atomic E-state index is 5.42. The first-order valence-corrected chi connectivity index (χ1v) is 4.17. The quantitative estimate of drug-likeness (QED) is 0.715. The summed E-state index contributed by atoms with van der Waals surface area (Å²) >= 11 is 0. The summed E-state index contributed by atoms with van der Waals surface area (Å²) in [5.41, 5.74) is 6.19. The van der Waals surface area contributed by atoms with E-state index in [-0.39, 0.29) is 6.10 Å². The van der Waals surface area contributed by atoms with E-state index >= 15 is 0 Å². The van der Waals surface area contributed by atoms with Crippen LogP contribution in [0, 0.1) is 0 Å². The monoisotopic (exact) mass is 168 g/mol. The molecule has 2 N–H and O–H groups in total. The zero-order valence-electron chi connectivity index (χ0n) is 6.82. The first-order valence-electron chi connectivity index (χ1n) is 4.17. The van der Waals surface area contributed by atoms with Crippen molar-refractivity contribution in [1.29, 1.82) is 0 Å². The summed E-state index contributed by atoms with van der Waals surface area (Å²) in [6, 6.07) is 1.87. The fourth-order valence-electron chi connectivity index (χ4n) is 1.38. The van der Waals surface area contributed by atoms with Crippen LogP contribution in [0.3, 0.4) is 0 Å². The van der Waals surface area contributed by atoms with Crippen LogP contribution < -0.4 is 5.73 Å². The molecule has 1 aliphatic rings. The Morgan fingerprint density at radius 2 is 2.58 bits per heavy atom. The van der Waals surface area contributed by atoms with E-state index in [4.69, 9.17) is 15.0 Å². The third-order valence-corrected chi connectivity index (χ3v) is 2.03. The highest BCUT2D eigenvalue weighted by Crippen LogP contribution is 2.28. The van der Waals surface area contributed by atoms with Crippen molar-refractivity contribution in [3.63, 3.8) is 0 Å². The van der Waals surface area contributed by atoms with Crippen LogP contribution in [0.2, 0.25) is 0 Å². The molecule has 0 radical (unpaired) electrons. The molecule has 2 rings (SSSR count). The first-order chi connectivity index (χ1) is 5.90. The Morgan fingerprint density at radius 3 is 3.17 bits per heavy atom. The van der Waals surface area contributed by atoms with Crippen LogP contribution in [-0.4, -0.2) is 11.8 Å². The Hall–Kier alpha value is -0.870. The molecule has 0 bridgehead atoms. The number of nitrogens with two attached hydrogens (primary N) is 1. The molecule has 2 heterocycles. The summed E-state index contributed by atoms with van der Waals surface area (Å²) < 4.78 is 10.5. The Bertz CT molecular complexity index is 253. The Balaban J connectivity index is 2.11. The van der Waals surface area contributed by atoms with Gasteiger partial charge >= 0.3 is 0 Å². The zero-order chi connectivity index (χ0) is 8.39. The number of hydrogen-bond donors (Lipinski definition) is 1. The molecule has 66 valence electrons. The highest BCUT2D eigenvalue weighted by atomic mass is 16.5. The summed E-state index contributed by atoms with van der Waals surface area (Å²) in [7, 11) is 0. The van der Waals surface area contributed by atoms with Crippen LogP contribution in [0.25, 0.3) is 0 Å².